The molecule has 11 nitrogen and oxygen atoms in total. The highest BCUT2D eigenvalue weighted by Gasteiger charge is 2.26. The lowest BCUT2D eigenvalue weighted by atomic mass is 10.0. The molecule has 0 aliphatic rings. The van der Waals surface area contributed by atoms with Crippen LogP contribution >= 0.6 is 7.82 Å². The zero-order valence-corrected chi connectivity index (χ0v) is 37.4. The summed E-state index contributed by atoms with van der Waals surface area (Å²) in [7, 11) is -4.40. The molecule has 0 aliphatic heterocycles. The number of phosphoric acid groups is 1. The van der Waals surface area contributed by atoms with E-state index in [1.165, 1.54) is 54.4 Å². The Morgan fingerprint density at radius 3 is 1.46 bits per heavy atom. The first-order chi connectivity index (χ1) is 27.4. The molecule has 0 spiro atoms. The highest BCUT2D eigenvalue weighted by Crippen LogP contribution is 2.43. The van der Waals surface area contributed by atoms with E-state index in [9.17, 15) is 19.0 Å². The molecule has 0 radical (unpaired) electrons. The molecular weight excluding hydrogens is 745 g/mol. The van der Waals surface area contributed by atoms with Gasteiger partial charge >= 0.3 is 19.8 Å². The second-order valence-electron chi connectivity index (χ2n) is 15.7. The lowest BCUT2D eigenvalue weighted by Gasteiger charge is -2.19. The average Bonchev–Trinajstić information content (AvgIpc) is 3.61. The number of furan rings is 2. The van der Waals surface area contributed by atoms with Gasteiger partial charge in [0.2, 0.25) is 0 Å². The van der Waals surface area contributed by atoms with Crippen LogP contribution < -0.4 is 5.73 Å². The molecule has 3 N–H and O–H groups in total. The van der Waals surface area contributed by atoms with Gasteiger partial charge in [0.25, 0.3) is 0 Å². The van der Waals surface area contributed by atoms with Gasteiger partial charge in [0.1, 0.15) is 29.6 Å². The van der Waals surface area contributed by atoms with Gasteiger partial charge in [0, 0.05) is 45.1 Å². The molecule has 2 aromatic heterocycles. The Hall–Kier alpha value is -2.43. The predicted octanol–water partition coefficient (Wildman–Crippen LogP) is 11.4. The van der Waals surface area contributed by atoms with E-state index in [0.717, 1.165) is 119 Å². The summed E-state index contributed by atoms with van der Waals surface area (Å²) >= 11 is 0. The molecule has 2 atom stereocenters. The molecule has 0 aliphatic carbocycles. The summed E-state index contributed by atoms with van der Waals surface area (Å²) in [4.78, 5) is 35.1. The average molecular weight is 824 g/mol. The van der Waals surface area contributed by atoms with Gasteiger partial charge in [-0.1, -0.05) is 90.9 Å². The number of carbonyl (C=O) groups excluding carboxylic acids is 2. The minimum absolute atomic E-state index is 0.0411. The Kier molecular flexibility index (Phi) is 26.4. The summed E-state index contributed by atoms with van der Waals surface area (Å²) in [5.74, 6) is 3.68. The Morgan fingerprint density at radius 1 is 0.579 bits per heavy atom. The summed E-state index contributed by atoms with van der Waals surface area (Å²) in [5, 5.41) is 0. The standard InChI is InChI=1S/C45H78NO10P/c1-7-9-20-26-41-37(5)38(6)43(56-41)28-22-17-14-15-18-23-29-44(47)51-33-39(34-53-57(49,50)52-32-31-46)54-45(48)30-24-19-13-11-10-12-16-21-27-42-36(4)35(3)40(55-42)25-8-2/h39H,7-34,46H2,1-6H3,(H,49,50)/t39-/m1/s1. The maximum atomic E-state index is 12.7. The number of carbonyl (C=O) groups is 2. The van der Waals surface area contributed by atoms with Crippen molar-refractivity contribution in [2.75, 3.05) is 26.4 Å². The van der Waals surface area contributed by atoms with Crippen molar-refractivity contribution in [2.45, 2.75) is 202 Å². The molecule has 0 amide bonds. The summed E-state index contributed by atoms with van der Waals surface area (Å²) in [6.07, 6.45) is 22.4. The molecule has 0 aromatic carbocycles. The fraction of sp³-hybridized carbons (Fsp3) is 0.778. The number of nitrogens with two attached hydrogens (primary N) is 1. The van der Waals surface area contributed by atoms with E-state index in [2.05, 4.69) is 41.5 Å². The van der Waals surface area contributed by atoms with Crippen molar-refractivity contribution in [2.24, 2.45) is 5.73 Å². The molecule has 1 unspecified atom stereocenters. The summed E-state index contributed by atoms with van der Waals surface area (Å²) < 4.78 is 45.2. The Morgan fingerprint density at radius 2 is 1.00 bits per heavy atom. The lowest BCUT2D eigenvalue weighted by Crippen LogP contribution is -2.29. The first-order valence-electron chi connectivity index (χ1n) is 22.2. The van der Waals surface area contributed by atoms with E-state index in [-0.39, 0.29) is 32.6 Å². The molecule has 57 heavy (non-hydrogen) atoms. The van der Waals surface area contributed by atoms with E-state index in [1.54, 1.807) is 0 Å². The number of hydrogen-bond acceptors (Lipinski definition) is 10. The van der Waals surface area contributed by atoms with Crippen LogP contribution in [0, 0.1) is 27.7 Å². The van der Waals surface area contributed by atoms with Crippen LogP contribution in [0.15, 0.2) is 8.83 Å². The molecule has 0 fully saturated rings. The van der Waals surface area contributed by atoms with E-state index in [1.807, 2.05) is 0 Å². The largest absolute Gasteiger partial charge is 0.472 e. The first-order valence-corrected chi connectivity index (χ1v) is 23.7. The number of ether oxygens (including phenoxy) is 2. The SMILES string of the molecule is CCCCCc1oc(CCCCCCCCC(=O)OC[C@H](COP(=O)(O)OCCN)OC(=O)CCCCCCCCCCc2oc(CCC)c(C)c2C)c(C)c1C. The summed E-state index contributed by atoms with van der Waals surface area (Å²) in [5.41, 5.74) is 10.6. The molecule has 328 valence electrons. The van der Waals surface area contributed by atoms with Crippen molar-refractivity contribution in [3.63, 3.8) is 0 Å². The predicted molar refractivity (Wildman–Crippen MR) is 226 cm³/mol. The van der Waals surface area contributed by atoms with Crippen LogP contribution in [0.1, 0.15) is 188 Å². The number of esters is 2. The monoisotopic (exact) mass is 824 g/mol. The summed E-state index contributed by atoms with van der Waals surface area (Å²) in [6, 6.07) is 0. The third kappa shape index (κ3) is 21.4. The second-order valence-corrected chi connectivity index (χ2v) is 17.2. The van der Waals surface area contributed by atoms with E-state index >= 15 is 0 Å². The van der Waals surface area contributed by atoms with Gasteiger partial charge < -0.3 is 28.9 Å². The number of hydrogen-bond donors (Lipinski definition) is 2. The van der Waals surface area contributed by atoms with Gasteiger partial charge in [-0.25, -0.2) is 4.57 Å². The van der Waals surface area contributed by atoms with Crippen LogP contribution in [-0.2, 0) is 58.4 Å². The quantitative estimate of drug-likeness (QED) is 0.0387. The van der Waals surface area contributed by atoms with Crippen LogP contribution in [0.5, 0.6) is 0 Å². The number of aryl methyl sites for hydroxylation is 4. The van der Waals surface area contributed by atoms with Crippen LogP contribution in [0.25, 0.3) is 0 Å². The molecule has 2 rings (SSSR count). The lowest BCUT2D eigenvalue weighted by molar-refractivity contribution is -0.161. The fourth-order valence-electron chi connectivity index (χ4n) is 7.04. The van der Waals surface area contributed by atoms with E-state index in [4.69, 9.17) is 33.1 Å². The smallest absolute Gasteiger partial charge is 0.466 e. The second kappa shape index (κ2) is 29.7. The zero-order chi connectivity index (χ0) is 41.9. The molecule has 0 bridgehead atoms. The minimum atomic E-state index is -4.40. The number of unbranched alkanes of at least 4 members (excludes halogenated alkanes) is 14. The maximum absolute atomic E-state index is 12.7. The molecule has 2 heterocycles. The van der Waals surface area contributed by atoms with Crippen LogP contribution in [-0.4, -0.2) is 49.3 Å². The fourth-order valence-corrected chi connectivity index (χ4v) is 7.80. The molecule has 12 heteroatoms. The third-order valence-electron chi connectivity index (χ3n) is 10.9. The van der Waals surface area contributed by atoms with Crippen LogP contribution in [0.3, 0.4) is 0 Å². The third-order valence-corrected chi connectivity index (χ3v) is 11.9. The number of phosphoric ester groups is 1. The van der Waals surface area contributed by atoms with Gasteiger partial charge in [-0.3, -0.25) is 18.6 Å². The number of rotatable bonds is 35. The van der Waals surface area contributed by atoms with Gasteiger partial charge in [-0.2, -0.15) is 0 Å². The van der Waals surface area contributed by atoms with Gasteiger partial charge in [-0.15, -0.1) is 0 Å². The topological polar surface area (TPSA) is 161 Å². The highest BCUT2D eigenvalue weighted by atomic mass is 31.2. The van der Waals surface area contributed by atoms with E-state index < -0.39 is 32.5 Å². The molecule has 0 saturated heterocycles. The van der Waals surface area contributed by atoms with Gasteiger partial charge in [0.15, 0.2) is 6.10 Å². The van der Waals surface area contributed by atoms with Crippen LogP contribution in [0.2, 0.25) is 0 Å². The van der Waals surface area contributed by atoms with Crippen molar-refractivity contribution in [3.8, 4) is 0 Å². The highest BCUT2D eigenvalue weighted by molar-refractivity contribution is 7.47. The molecule has 0 saturated carbocycles. The summed E-state index contributed by atoms with van der Waals surface area (Å²) in [6.45, 7) is 12.2. The van der Waals surface area contributed by atoms with Crippen molar-refractivity contribution in [1.82, 2.24) is 0 Å². The van der Waals surface area contributed by atoms with Crippen molar-refractivity contribution in [1.29, 1.82) is 0 Å². The molecular formula is C45H78NO10P. The van der Waals surface area contributed by atoms with Crippen LogP contribution in [0.4, 0.5) is 0 Å². The van der Waals surface area contributed by atoms with Crippen molar-refractivity contribution in [3.05, 3.63) is 45.3 Å². The normalized spacial score (nSPS) is 13.2. The van der Waals surface area contributed by atoms with Crippen molar-refractivity contribution >= 4 is 19.8 Å². The minimum Gasteiger partial charge on any atom is -0.466 e. The van der Waals surface area contributed by atoms with Crippen molar-refractivity contribution < 1.29 is 46.4 Å². The van der Waals surface area contributed by atoms with Gasteiger partial charge in [-0.05, 0) is 88.5 Å². The zero-order valence-electron chi connectivity index (χ0n) is 36.5. The van der Waals surface area contributed by atoms with E-state index in [0.29, 0.717) is 12.8 Å². The molecule has 2 aromatic rings. The Bertz CT molecular complexity index is 1450. The maximum Gasteiger partial charge on any atom is 0.472 e. The Balaban J connectivity index is 1.61. The first kappa shape index (κ1) is 50.7. The van der Waals surface area contributed by atoms with Gasteiger partial charge in [0.05, 0.1) is 13.2 Å². The Labute approximate surface area is 344 Å².